The van der Waals surface area contributed by atoms with Gasteiger partial charge in [0.1, 0.15) is 6.61 Å². The molecule has 1 aromatic heterocycles. The smallest absolute Gasteiger partial charge is 0.161 e. The third kappa shape index (κ3) is 2.67. The summed E-state index contributed by atoms with van der Waals surface area (Å²) in [5.41, 5.74) is 3.61. The molecule has 0 saturated carbocycles. The van der Waals surface area contributed by atoms with Crippen molar-refractivity contribution < 1.29 is 9.84 Å². The third-order valence-corrected chi connectivity index (χ3v) is 3.88. The van der Waals surface area contributed by atoms with Crippen molar-refractivity contribution in [1.29, 1.82) is 0 Å². The van der Waals surface area contributed by atoms with Crippen LogP contribution in [0.3, 0.4) is 0 Å². The molecule has 0 aliphatic rings. The zero-order valence-electron chi connectivity index (χ0n) is 13.2. The van der Waals surface area contributed by atoms with Crippen molar-refractivity contribution in [3.63, 3.8) is 0 Å². The lowest BCUT2D eigenvalue weighted by Gasteiger charge is -2.09. The van der Waals surface area contributed by atoms with Crippen molar-refractivity contribution >= 4 is 10.9 Å². The summed E-state index contributed by atoms with van der Waals surface area (Å²) < 4.78 is 8.06. The van der Waals surface area contributed by atoms with Crippen LogP contribution in [0.1, 0.15) is 31.0 Å². The number of fused-ring (bicyclic) bond motifs is 1. The molecule has 2 aromatic carbocycles. The Labute approximate surface area is 130 Å². The zero-order valence-corrected chi connectivity index (χ0v) is 13.2. The van der Waals surface area contributed by atoms with Crippen molar-refractivity contribution in [2.75, 3.05) is 0 Å². The average molecular weight is 295 g/mol. The maximum absolute atomic E-state index is 9.80. The molecule has 3 aromatic rings. The number of hydrogen-bond acceptors (Lipinski definition) is 2. The summed E-state index contributed by atoms with van der Waals surface area (Å²) in [5, 5.41) is 11.0. The Balaban J connectivity index is 1.96. The minimum atomic E-state index is 0.172. The van der Waals surface area contributed by atoms with Gasteiger partial charge in [0, 0.05) is 28.7 Å². The van der Waals surface area contributed by atoms with Crippen LogP contribution >= 0.6 is 0 Å². The molecule has 114 valence electrons. The van der Waals surface area contributed by atoms with Gasteiger partial charge in [0.2, 0.25) is 0 Å². The van der Waals surface area contributed by atoms with Gasteiger partial charge in [-0.3, -0.25) is 0 Å². The Bertz CT molecular complexity index is 802. The number of benzene rings is 2. The van der Waals surface area contributed by atoms with Crippen LogP contribution < -0.4 is 4.74 Å². The first-order chi connectivity index (χ1) is 10.6. The summed E-state index contributed by atoms with van der Waals surface area (Å²) in [6.07, 6.45) is 2.15. The number of aromatic hydroxyl groups is 1. The van der Waals surface area contributed by atoms with E-state index in [9.17, 15) is 5.11 Å². The number of para-hydroxylation sites is 2. The van der Waals surface area contributed by atoms with Crippen LogP contribution in [0, 0.1) is 6.92 Å². The fourth-order valence-corrected chi connectivity index (χ4v) is 2.71. The molecule has 0 saturated heterocycles. The van der Waals surface area contributed by atoms with Crippen LogP contribution in [0.15, 0.2) is 48.7 Å². The fourth-order valence-electron chi connectivity index (χ4n) is 2.71. The van der Waals surface area contributed by atoms with E-state index in [0.717, 1.165) is 5.56 Å². The molecule has 0 bridgehead atoms. The highest BCUT2D eigenvalue weighted by molar-refractivity contribution is 5.84. The van der Waals surface area contributed by atoms with Gasteiger partial charge in [0.25, 0.3) is 0 Å². The molecule has 0 atom stereocenters. The summed E-state index contributed by atoms with van der Waals surface area (Å²) in [6.45, 7) is 6.90. The topological polar surface area (TPSA) is 34.4 Å². The number of phenolic OH excluding ortho intramolecular Hbond substituents is 1. The van der Waals surface area contributed by atoms with Crippen LogP contribution in [0.25, 0.3) is 10.9 Å². The predicted molar refractivity (Wildman–Crippen MR) is 89.5 cm³/mol. The van der Waals surface area contributed by atoms with E-state index in [4.69, 9.17) is 4.74 Å². The quantitative estimate of drug-likeness (QED) is 0.749. The largest absolute Gasteiger partial charge is 0.504 e. The number of ether oxygens (including phenoxy) is 1. The van der Waals surface area contributed by atoms with Crippen LogP contribution in [-0.4, -0.2) is 9.67 Å². The maximum Gasteiger partial charge on any atom is 0.161 e. The Hall–Kier alpha value is -2.42. The van der Waals surface area contributed by atoms with E-state index in [1.54, 1.807) is 18.2 Å². The van der Waals surface area contributed by atoms with Crippen molar-refractivity contribution in [3.05, 3.63) is 59.8 Å². The first-order valence-electron chi connectivity index (χ1n) is 7.57. The second kappa shape index (κ2) is 5.76. The zero-order chi connectivity index (χ0) is 15.7. The van der Waals surface area contributed by atoms with Crippen LogP contribution in [0.2, 0.25) is 0 Å². The Kier molecular flexibility index (Phi) is 3.80. The van der Waals surface area contributed by atoms with Crippen molar-refractivity contribution in [2.24, 2.45) is 0 Å². The molecule has 22 heavy (non-hydrogen) atoms. The molecule has 0 unspecified atom stereocenters. The summed E-state index contributed by atoms with van der Waals surface area (Å²) in [7, 11) is 0. The number of aromatic nitrogens is 1. The normalized spacial score (nSPS) is 11.3. The van der Waals surface area contributed by atoms with Gasteiger partial charge in [-0.1, -0.05) is 24.3 Å². The minimum Gasteiger partial charge on any atom is -0.504 e. The van der Waals surface area contributed by atoms with Crippen molar-refractivity contribution in [3.8, 4) is 11.5 Å². The fraction of sp³-hybridized carbons (Fsp3) is 0.263. The monoisotopic (exact) mass is 295 g/mol. The third-order valence-electron chi connectivity index (χ3n) is 3.88. The Morgan fingerprint density at radius 3 is 2.64 bits per heavy atom. The first-order valence-corrected chi connectivity index (χ1v) is 7.57. The standard InChI is InChI=1S/C19H21NO2/c1-13(2)20-11-15(16-9-8-14(3)10-17(16)20)12-22-19-7-5-4-6-18(19)21/h4-11,13,21H,12H2,1-3H3. The first kappa shape index (κ1) is 14.5. The summed E-state index contributed by atoms with van der Waals surface area (Å²) >= 11 is 0. The lowest BCUT2D eigenvalue weighted by molar-refractivity contribution is 0.290. The molecular formula is C19H21NO2. The van der Waals surface area contributed by atoms with Crippen LogP contribution in [-0.2, 0) is 6.61 Å². The second-order valence-electron chi connectivity index (χ2n) is 5.93. The van der Waals surface area contributed by atoms with Gasteiger partial charge in [-0.15, -0.1) is 0 Å². The van der Waals surface area contributed by atoms with Crippen molar-refractivity contribution in [2.45, 2.75) is 33.4 Å². The molecular weight excluding hydrogens is 274 g/mol. The minimum absolute atomic E-state index is 0.172. The van der Waals surface area contributed by atoms with Gasteiger partial charge >= 0.3 is 0 Å². The van der Waals surface area contributed by atoms with Gasteiger partial charge < -0.3 is 14.4 Å². The summed E-state index contributed by atoms with van der Waals surface area (Å²) in [4.78, 5) is 0. The highest BCUT2D eigenvalue weighted by Crippen LogP contribution is 2.29. The van der Waals surface area contributed by atoms with E-state index >= 15 is 0 Å². The number of phenols is 1. The lowest BCUT2D eigenvalue weighted by atomic mass is 10.1. The van der Waals surface area contributed by atoms with E-state index < -0.39 is 0 Å². The highest BCUT2D eigenvalue weighted by Gasteiger charge is 2.12. The van der Waals surface area contributed by atoms with Crippen molar-refractivity contribution in [1.82, 2.24) is 4.57 Å². The molecule has 1 N–H and O–H groups in total. The van der Waals surface area contributed by atoms with E-state index in [1.807, 2.05) is 6.07 Å². The molecule has 3 rings (SSSR count). The molecule has 3 heteroatoms. The molecule has 3 nitrogen and oxygen atoms in total. The number of hydrogen-bond donors (Lipinski definition) is 1. The number of aryl methyl sites for hydroxylation is 1. The van der Waals surface area contributed by atoms with Crippen LogP contribution in [0.4, 0.5) is 0 Å². The number of rotatable bonds is 4. The van der Waals surface area contributed by atoms with E-state index in [1.165, 1.54) is 16.5 Å². The van der Waals surface area contributed by atoms with E-state index in [2.05, 4.69) is 49.7 Å². The molecule has 0 aliphatic heterocycles. The van der Waals surface area contributed by atoms with E-state index in [0.29, 0.717) is 18.4 Å². The predicted octanol–water partition coefficient (Wildman–Crippen LogP) is 4.82. The van der Waals surface area contributed by atoms with Gasteiger partial charge in [-0.2, -0.15) is 0 Å². The highest BCUT2D eigenvalue weighted by atomic mass is 16.5. The lowest BCUT2D eigenvalue weighted by Crippen LogP contribution is -1.98. The van der Waals surface area contributed by atoms with Crippen LogP contribution in [0.5, 0.6) is 11.5 Å². The van der Waals surface area contributed by atoms with Gasteiger partial charge in [0.15, 0.2) is 11.5 Å². The SMILES string of the molecule is Cc1ccc2c(COc3ccccc3O)cn(C(C)C)c2c1. The summed E-state index contributed by atoms with van der Waals surface area (Å²) in [6, 6.07) is 13.9. The maximum atomic E-state index is 9.80. The Morgan fingerprint density at radius 2 is 1.91 bits per heavy atom. The molecule has 0 fully saturated rings. The molecule has 1 heterocycles. The summed E-state index contributed by atoms with van der Waals surface area (Å²) in [5.74, 6) is 0.686. The van der Waals surface area contributed by atoms with E-state index in [-0.39, 0.29) is 5.75 Å². The van der Waals surface area contributed by atoms with Gasteiger partial charge in [0.05, 0.1) is 0 Å². The van der Waals surface area contributed by atoms with Gasteiger partial charge in [-0.25, -0.2) is 0 Å². The van der Waals surface area contributed by atoms with Gasteiger partial charge in [-0.05, 0) is 44.5 Å². The molecule has 0 amide bonds. The Morgan fingerprint density at radius 1 is 1.14 bits per heavy atom. The molecule has 0 radical (unpaired) electrons. The molecule has 0 spiro atoms. The second-order valence-corrected chi connectivity index (χ2v) is 5.93. The number of nitrogens with zero attached hydrogens (tertiary/aromatic N) is 1. The molecule has 0 aliphatic carbocycles. The average Bonchev–Trinajstić information content (AvgIpc) is 2.84.